The van der Waals surface area contributed by atoms with Crippen molar-refractivity contribution in [1.29, 1.82) is 0 Å². The number of ether oxygens (including phenoxy) is 1. The Morgan fingerprint density at radius 3 is 1.82 bits per heavy atom. The smallest absolute Gasteiger partial charge is 0.302 e. The van der Waals surface area contributed by atoms with Gasteiger partial charge >= 0.3 is 5.97 Å². The number of likely N-dealkylation sites (N-methyl/N-ethyl adjacent to an activating group) is 1. The molecule has 0 aromatic carbocycles. The second kappa shape index (κ2) is 24.2. The van der Waals surface area contributed by atoms with Gasteiger partial charge in [0.2, 0.25) is 5.91 Å². The van der Waals surface area contributed by atoms with E-state index in [0.717, 1.165) is 31.4 Å². The Kier molecular flexibility index (Phi) is 25.9. The van der Waals surface area contributed by atoms with Crippen LogP contribution in [-0.4, -0.2) is 54.6 Å². The summed E-state index contributed by atoms with van der Waals surface area (Å²) in [6.07, 6.45) is 9.95. The van der Waals surface area contributed by atoms with E-state index in [9.17, 15) is 9.59 Å². The van der Waals surface area contributed by atoms with Gasteiger partial charge in [-0.3, -0.25) is 9.59 Å². The Morgan fingerprint density at radius 1 is 1.03 bits per heavy atom. The Labute approximate surface area is 237 Å². The summed E-state index contributed by atoms with van der Waals surface area (Å²) in [4.78, 5) is 25.0. The Morgan fingerprint density at radius 2 is 1.50 bits per heavy atom. The first-order valence-electron chi connectivity index (χ1n) is 15.1. The summed E-state index contributed by atoms with van der Waals surface area (Å²) < 4.78 is 4.40. The fourth-order valence-corrected chi connectivity index (χ4v) is 4.37. The normalized spacial score (nSPS) is 13.4. The summed E-state index contributed by atoms with van der Waals surface area (Å²) >= 11 is 0. The zero-order valence-corrected chi connectivity index (χ0v) is 27.6. The topological polar surface area (TPSA) is 70.7 Å². The van der Waals surface area contributed by atoms with E-state index in [2.05, 4.69) is 83.4 Å². The molecular weight excluding hydrogens is 474 g/mol. The zero-order valence-electron chi connectivity index (χ0n) is 27.6. The van der Waals surface area contributed by atoms with Gasteiger partial charge in [-0.25, -0.2) is 0 Å². The first kappa shape index (κ1) is 40.7. The lowest BCUT2D eigenvalue weighted by Crippen LogP contribution is -2.57. The van der Waals surface area contributed by atoms with Crippen molar-refractivity contribution in [2.45, 2.75) is 146 Å². The molecule has 1 aliphatic carbocycles. The van der Waals surface area contributed by atoms with E-state index in [1.165, 1.54) is 31.8 Å². The van der Waals surface area contributed by atoms with Crippen molar-refractivity contribution >= 4 is 11.9 Å². The molecule has 1 fully saturated rings. The van der Waals surface area contributed by atoms with Crippen LogP contribution in [0.3, 0.4) is 0 Å². The fourth-order valence-electron chi connectivity index (χ4n) is 4.37. The Hall–Kier alpha value is -1.82. The highest BCUT2D eigenvalue weighted by Gasteiger charge is 2.37. The second-order valence-electron chi connectivity index (χ2n) is 10.4. The van der Waals surface area contributed by atoms with Gasteiger partial charge in [-0.1, -0.05) is 79.0 Å². The van der Waals surface area contributed by atoms with Gasteiger partial charge in [0, 0.05) is 32.3 Å². The van der Waals surface area contributed by atoms with Gasteiger partial charge in [0.05, 0.1) is 12.1 Å². The molecular formula is C32H65N3O3. The van der Waals surface area contributed by atoms with Crippen LogP contribution in [0.15, 0.2) is 23.9 Å². The van der Waals surface area contributed by atoms with Gasteiger partial charge < -0.3 is 20.3 Å². The summed E-state index contributed by atoms with van der Waals surface area (Å²) in [5, 5.41) is 7.31. The highest BCUT2D eigenvalue weighted by atomic mass is 16.5. The highest BCUT2D eigenvalue weighted by molar-refractivity contribution is 5.82. The summed E-state index contributed by atoms with van der Waals surface area (Å²) in [7, 11) is 1.91. The van der Waals surface area contributed by atoms with Crippen LogP contribution in [-0.2, 0) is 14.3 Å². The number of carbonyl (C=O) groups is 2. The average Bonchev–Trinajstić information content (AvgIpc) is 3.40. The highest BCUT2D eigenvalue weighted by Crippen LogP contribution is 2.31. The molecule has 38 heavy (non-hydrogen) atoms. The number of nitrogens with zero attached hydrogens (tertiary/aromatic N) is 1. The number of esters is 1. The van der Waals surface area contributed by atoms with E-state index < -0.39 is 0 Å². The lowest BCUT2D eigenvalue weighted by atomic mass is 9.86. The van der Waals surface area contributed by atoms with Crippen LogP contribution in [0.5, 0.6) is 0 Å². The molecule has 6 heteroatoms. The zero-order chi connectivity index (χ0) is 30.3. The third kappa shape index (κ3) is 17.6. The molecule has 0 aromatic rings. The molecule has 0 aromatic heterocycles. The SMILES string of the molecule is C=C(NC(C(=O)N(C)CC=C(C)C)C1CCCC1)C(CC)(CC)NC(C)C.CC.CCC.CCOC(C)=O. The number of amides is 1. The summed E-state index contributed by atoms with van der Waals surface area (Å²) in [5.41, 5.74) is 2.02. The Bertz CT molecular complexity index is 644. The van der Waals surface area contributed by atoms with E-state index in [1.54, 1.807) is 6.92 Å². The molecule has 1 atom stereocenters. The maximum atomic E-state index is 13.3. The first-order chi connectivity index (χ1) is 17.8. The molecule has 1 unspecified atom stereocenters. The molecule has 1 amide bonds. The number of nitrogens with one attached hydrogen (secondary N) is 2. The minimum absolute atomic E-state index is 0.177. The molecule has 0 bridgehead atoms. The molecule has 0 heterocycles. The van der Waals surface area contributed by atoms with Crippen molar-refractivity contribution in [3.8, 4) is 0 Å². The standard InChI is InChI=1S/C23H43N3O.C4H8O2.C3H8.C2H6/c1-9-23(10-2,25-18(5)6)19(7)24-21(20-13-11-12-14-20)22(27)26(8)16-15-17(3)4;1-3-6-4(2)5;1-3-2;1-2/h15,18,20-21,24-25H,7,9-14,16H2,1-6,8H3;3H2,1-2H3;3H2,1-2H3;1-2H3. The van der Waals surface area contributed by atoms with E-state index >= 15 is 0 Å². The molecule has 0 spiro atoms. The van der Waals surface area contributed by atoms with Gasteiger partial charge in [-0.2, -0.15) is 0 Å². The van der Waals surface area contributed by atoms with E-state index in [4.69, 9.17) is 0 Å². The molecule has 2 N–H and O–H groups in total. The Balaban J connectivity index is -0.000000944. The van der Waals surface area contributed by atoms with E-state index in [0.29, 0.717) is 25.1 Å². The van der Waals surface area contributed by atoms with Gasteiger partial charge in [0.25, 0.3) is 0 Å². The predicted molar refractivity (Wildman–Crippen MR) is 166 cm³/mol. The third-order valence-corrected chi connectivity index (χ3v) is 6.31. The van der Waals surface area contributed by atoms with Gasteiger partial charge in [0.15, 0.2) is 0 Å². The lowest BCUT2D eigenvalue weighted by molar-refractivity contribution is -0.140. The first-order valence-corrected chi connectivity index (χ1v) is 15.1. The van der Waals surface area contributed by atoms with Gasteiger partial charge in [-0.05, 0) is 66.2 Å². The minimum atomic E-state index is -0.211. The average molecular weight is 540 g/mol. The van der Waals surface area contributed by atoms with Crippen LogP contribution in [0.4, 0.5) is 0 Å². The molecule has 226 valence electrons. The summed E-state index contributed by atoms with van der Waals surface area (Å²) in [5.74, 6) is 0.373. The van der Waals surface area contributed by atoms with Crippen molar-refractivity contribution in [3.05, 3.63) is 23.9 Å². The monoisotopic (exact) mass is 540 g/mol. The van der Waals surface area contributed by atoms with Crippen LogP contribution in [0.2, 0.25) is 0 Å². The van der Waals surface area contributed by atoms with Crippen molar-refractivity contribution < 1.29 is 14.3 Å². The molecule has 1 rings (SSSR count). The second-order valence-corrected chi connectivity index (χ2v) is 10.4. The van der Waals surface area contributed by atoms with Crippen molar-refractivity contribution in [2.24, 2.45) is 5.92 Å². The fraction of sp³-hybridized carbons (Fsp3) is 0.812. The molecule has 0 aliphatic heterocycles. The van der Waals surface area contributed by atoms with Crippen LogP contribution in [0.25, 0.3) is 0 Å². The molecule has 1 saturated carbocycles. The van der Waals surface area contributed by atoms with E-state index in [1.807, 2.05) is 25.8 Å². The number of carbonyl (C=O) groups excluding carboxylic acids is 2. The number of hydrogen-bond acceptors (Lipinski definition) is 5. The number of hydrogen-bond donors (Lipinski definition) is 2. The largest absolute Gasteiger partial charge is 0.466 e. The van der Waals surface area contributed by atoms with Crippen LogP contribution in [0.1, 0.15) is 128 Å². The predicted octanol–water partition coefficient (Wildman–Crippen LogP) is 7.64. The maximum absolute atomic E-state index is 13.3. The maximum Gasteiger partial charge on any atom is 0.302 e. The van der Waals surface area contributed by atoms with Crippen molar-refractivity contribution in [3.63, 3.8) is 0 Å². The van der Waals surface area contributed by atoms with Crippen LogP contribution >= 0.6 is 0 Å². The summed E-state index contributed by atoms with van der Waals surface area (Å²) in [6, 6.07) is 0.187. The molecule has 1 aliphatic rings. The third-order valence-electron chi connectivity index (χ3n) is 6.31. The number of allylic oxidation sites excluding steroid dienone is 1. The quantitative estimate of drug-likeness (QED) is 0.197. The molecule has 0 saturated heterocycles. The van der Waals surface area contributed by atoms with Crippen LogP contribution < -0.4 is 10.6 Å². The van der Waals surface area contributed by atoms with Crippen molar-refractivity contribution in [2.75, 3.05) is 20.2 Å². The van der Waals surface area contributed by atoms with Crippen LogP contribution in [0, 0.1) is 5.92 Å². The number of rotatable bonds is 12. The molecule has 6 nitrogen and oxygen atoms in total. The molecule has 0 radical (unpaired) electrons. The minimum Gasteiger partial charge on any atom is -0.466 e. The van der Waals surface area contributed by atoms with Crippen molar-refractivity contribution in [1.82, 2.24) is 15.5 Å². The van der Waals surface area contributed by atoms with E-state index in [-0.39, 0.29) is 23.5 Å². The lowest BCUT2D eigenvalue weighted by Gasteiger charge is -2.40. The van der Waals surface area contributed by atoms with Gasteiger partial charge in [0.1, 0.15) is 6.04 Å². The van der Waals surface area contributed by atoms with Gasteiger partial charge in [-0.15, -0.1) is 0 Å². The summed E-state index contributed by atoms with van der Waals surface area (Å²) in [6.45, 7) is 29.8.